The highest BCUT2D eigenvalue weighted by molar-refractivity contribution is 9.10. The fraction of sp³-hybridized carbons (Fsp3) is 0.174. The minimum absolute atomic E-state index is 0.620. The van der Waals surface area contributed by atoms with Gasteiger partial charge in [-0.25, -0.2) is 4.98 Å². The van der Waals surface area contributed by atoms with Crippen LogP contribution < -0.4 is 9.64 Å². The molecule has 1 N–H and O–H groups in total. The van der Waals surface area contributed by atoms with Crippen LogP contribution in [0.4, 0.5) is 0 Å². The molecule has 150 valence electrons. The van der Waals surface area contributed by atoms with Gasteiger partial charge >= 0.3 is 0 Å². The van der Waals surface area contributed by atoms with Gasteiger partial charge in [0.2, 0.25) is 5.88 Å². The molecule has 0 aliphatic carbocycles. The number of ether oxygens (including phenoxy) is 1. The van der Waals surface area contributed by atoms with Crippen molar-refractivity contribution in [1.82, 2.24) is 19.7 Å². The van der Waals surface area contributed by atoms with Gasteiger partial charge in [0.25, 0.3) is 0 Å². The number of benzene rings is 2. The summed E-state index contributed by atoms with van der Waals surface area (Å²) in [5.74, 6) is 2.38. The molecule has 5 rings (SSSR count). The smallest absolute Gasteiger partial charge is 0.213 e. The van der Waals surface area contributed by atoms with Gasteiger partial charge < -0.3 is 9.64 Å². The van der Waals surface area contributed by atoms with Crippen molar-refractivity contribution in [3.8, 4) is 23.0 Å². The van der Waals surface area contributed by atoms with Crippen LogP contribution in [0.1, 0.15) is 17.1 Å². The molecule has 0 amide bonds. The second kappa shape index (κ2) is 8.01. The Morgan fingerprint density at radius 1 is 0.967 bits per heavy atom. The zero-order valence-electron chi connectivity index (χ0n) is 16.5. The van der Waals surface area contributed by atoms with Crippen molar-refractivity contribution in [1.29, 1.82) is 0 Å². The Balaban J connectivity index is 1.62. The average Bonchev–Trinajstić information content (AvgIpc) is 3.11. The van der Waals surface area contributed by atoms with Crippen molar-refractivity contribution in [2.45, 2.75) is 19.6 Å². The number of hydrogen-bond donors (Lipinski definition) is 1. The third kappa shape index (κ3) is 3.62. The Hall–Kier alpha value is -3.03. The van der Waals surface area contributed by atoms with Crippen molar-refractivity contribution < 1.29 is 9.64 Å². The van der Waals surface area contributed by atoms with Gasteiger partial charge in [-0.15, -0.1) is 10.2 Å². The minimum Gasteiger partial charge on any atom is -0.481 e. The van der Waals surface area contributed by atoms with Crippen LogP contribution in [-0.2, 0) is 19.6 Å². The summed E-state index contributed by atoms with van der Waals surface area (Å²) in [7, 11) is 1.65. The number of halogens is 1. The maximum absolute atomic E-state index is 5.41. The topological polar surface area (TPSA) is 57.3 Å². The van der Waals surface area contributed by atoms with Crippen LogP contribution in [0.2, 0.25) is 0 Å². The molecule has 0 saturated carbocycles. The Labute approximate surface area is 183 Å². The summed E-state index contributed by atoms with van der Waals surface area (Å²) in [6, 6.07) is 22.6. The molecule has 6 nitrogen and oxygen atoms in total. The van der Waals surface area contributed by atoms with Crippen LogP contribution in [0, 0.1) is 0 Å². The first kappa shape index (κ1) is 19.0. The quantitative estimate of drug-likeness (QED) is 0.505. The summed E-state index contributed by atoms with van der Waals surface area (Å²) >= 11 is 3.51. The second-order valence-electron chi connectivity index (χ2n) is 7.37. The van der Waals surface area contributed by atoms with E-state index in [9.17, 15) is 0 Å². The average molecular weight is 463 g/mol. The molecule has 2 aromatic heterocycles. The zero-order valence-corrected chi connectivity index (χ0v) is 18.1. The lowest BCUT2D eigenvalue weighted by Gasteiger charge is -2.16. The first-order chi connectivity index (χ1) is 14.7. The van der Waals surface area contributed by atoms with Crippen LogP contribution in [-0.4, -0.2) is 26.9 Å². The molecule has 4 aromatic rings. The van der Waals surface area contributed by atoms with Crippen molar-refractivity contribution in [3.63, 3.8) is 0 Å². The highest BCUT2D eigenvalue weighted by atomic mass is 79.9. The van der Waals surface area contributed by atoms with Gasteiger partial charge in [0, 0.05) is 21.7 Å². The van der Waals surface area contributed by atoms with Crippen LogP contribution in [0.15, 0.2) is 71.2 Å². The molecule has 1 unspecified atom stereocenters. The summed E-state index contributed by atoms with van der Waals surface area (Å²) in [5, 5.41) is 9.12. The van der Waals surface area contributed by atoms with E-state index in [2.05, 4.69) is 73.2 Å². The van der Waals surface area contributed by atoms with E-state index in [-0.39, 0.29) is 0 Å². The first-order valence-electron chi connectivity index (χ1n) is 9.83. The van der Waals surface area contributed by atoms with Gasteiger partial charge in [0.1, 0.15) is 25.3 Å². The lowest BCUT2D eigenvalue weighted by Crippen LogP contribution is -3.08. The largest absolute Gasteiger partial charge is 0.481 e. The van der Waals surface area contributed by atoms with Gasteiger partial charge in [-0.2, -0.15) is 0 Å². The van der Waals surface area contributed by atoms with Crippen LogP contribution >= 0.6 is 15.9 Å². The van der Waals surface area contributed by atoms with E-state index in [0.717, 1.165) is 52.7 Å². The van der Waals surface area contributed by atoms with E-state index < -0.39 is 0 Å². The normalized spacial score (nSPS) is 15.2. The molecular weight excluding hydrogens is 442 g/mol. The molecule has 1 aliphatic rings. The molecule has 0 saturated heterocycles. The van der Waals surface area contributed by atoms with Crippen LogP contribution in [0.25, 0.3) is 17.1 Å². The Kier molecular flexibility index (Phi) is 5.06. The summed E-state index contributed by atoms with van der Waals surface area (Å²) in [6.07, 6.45) is 0. The number of quaternary nitrogens is 1. The fourth-order valence-corrected chi connectivity index (χ4v) is 4.19. The standard InChI is InChI=1S/C23H20BrN5O/c1-30-22-12-11-20-19(25-22)14-28(13-16-5-3-2-4-6-16)15-21-26-27-23(29(20)21)17-7-9-18(24)10-8-17/h2-12H,13-15H2,1H3/p+1. The lowest BCUT2D eigenvalue weighted by molar-refractivity contribution is -0.941. The maximum Gasteiger partial charge on any atom is 0.213 e. The van der Waals surface area contributed by atoms with E-state index in [1.165, 1.54) is 10.5 Å². The Bertz CT molecular complexity index is 1170. The van der Waals surface area contributed by atoms with Gasteiger partial charge in [0.05, 0.1) is 12.8 Å². The fourth-order valence-electron chi connectivity index (χ4n) is 3.92. The molecule has 0 radical (unpaired) electrons. The number of pyridine rings is 1. The van der Waals surface area contributed by atoms with E-state index in [1.807, 2.05) is 24.3 Å². The molecule has 0 bridgehead atoms. The SMILES string of the molecule is COc1ccc2c(n1)C[NH+](Cc1ccccc1)Cc1nnc(-c3ccc(Br)cc3)n1-2. The number of aromatic nitrogens is 4. The van der Waals surface area contributed by atoms with Crippen molar-refractivity contribution in [2.24, 2.45) is 0 Å². The zero-order chi connectivity index (χ0) is 20.5. The summed E-state index contributed by atoms with van der Waals surface area (Å²) < 4.78 is 8.58. The number of nitrogens with zero attached hydrogens (tertiary/aromatic N) is 4. The van der Waals surface area contributed by atoms with Crippen LogP contribution in [0.3, 0.4) is 0 Å². The van der Waals surface area contributed by atoms with E-state index in [1.54, 1.807) is 7.11 Å². The van der Waals surface area contributed by atoms with Gasteiger partial charge in [-0.3, -0.25) is 4.57 Å². The summed E-state index contributed by atoms with van der Waals surface area (Å²) in [4.78, 5) is 6.14. The minimum atomic E-state index is 0.620. The van der Waals surface area contributed by atoms with E-state index >= 15 is 0 Å². The molecule has 1 aliphatic heterocycles. The Morgan fingerprint density at radius 3 is 2.53 bits per heavy atom. The molecule has 0 fully saturated rings. The van der Waals surface area contributed by atoms with E-state index in [0.29, 0.717) is 5.88 Å². The molecule has 30 heavy (non-hydrogen) atoms. The highest BCUT2D eigenvalue weighted by Gasteiger charge is 2.28. The lowest BCUT2D eigenvalue weighted by atomic mass is 10.2. The van der Waals surface area contributed by atoms with Crippen molar-refractivity contribution in [2.75, 3.05) is 7.11 Å². The molecule has 1 atom stereocenters. The van der Waals surface area contributed by atoms with Crippen molar-refractivity contribution >= 4 is 15.9 Å². The third-order valence-corrected chi connectivity index (χ3v) is 5.86. The van der Waals surface area contributed by atoms with Gasteiger partial charge in [0.15, 0.2) is 11.6 Å². The van der Waals surface area contributed by atoms with Gasteiger partial charge in [-0.1, -0.05) is 58.4 Å². The van der Waals surface area contributed by atoms with Crippen LogP contribution in [0.5, 0.6) is 5.88 Å². The second-order valence-corrected chi connectivity index (χ2v) is 8.28. The van der Waals surface area contributed by atoms with Gasteiger partial charge in [-0.05, 0) is 18.2 Å². The number of nitrogens with one attached hydrogen (secondary N) is 1. The first-order valence-corrected chi connectivity index (χ1v) is 10.6. The monoisotopic (exact) mass is 462 g/mol. The molecular formula is C23H21BrN5O+. The maximum atomic E-state index is 5.41. The van der Waals surface area contributed by atoms with Crippen molar-refractivity contribution in [3.05, 3.63) is 88.3 Å². The predicted octanol–water partition coefficient (Wildman–Crippen LogP) is 3.20. The highest BCUT2D eigenvalue weighted by Crippen LogP contribution is 2.27. The molecule has 3 heterocycles. The molecule has 2 aromatic carbocycles. The number of hydrogen-bond acceptors (Lipinski definition) is 4. The number of rotatable bonds is 4. The van der Waals surface area contributed by atoms with E-state index in [4.69, 9.17) is 9.72 Å². The molecule has 7 heteroatoms. The number of methoxy groups -OCH3 is 1. The third-order valence-electron chi connectivity index (χ3n) is 5.33. The Morgan fingerprint density at radius 2 is 1.77 bits per heavy atom. The molecule has 0 spiro atoms. The summed E-state index contributed by atoms with van der Waals surface area (Å²) in [6.45, 7) is 2.43. The predicted molar refractivity (Wildman–Crippen MR) is 117 cm³/mol. The summed E-state index contributed by atoms with van der Waals surface area (Å²) in [5.41, 5.74) is 4.30. The number of fused-ring (bicyclic) bond motifs is 3.